The first-order valence-electron chi connectivity index (χ1n) is 33.8. The highest BCUT2D eigenvalue weighted by atomic mass is 15.1. The van der Waals surface area contributed by atoms with Gasteiger partial charge in [0.25, 0.3) is 0 Å². The van der Waals surface area contributed by atoms with Gasteiger partial charge in [0.05, 0.1) is 83.8 Å². The van der Waals surface area contributed by atoms with Crippen LogP contribution in [0.1, 0.15) is 0 Å². The van der Waals surface area contributed by atoms with Crippen molar-refractivity contribution >= 4 is 87.2 Å². The number of aromatic nitrogens is 9. The Kier molecular flexibility index (Phi) is 13.1. The maximum atomic E-state index is 5.77. The molecule has 0 N–H and O–H groups in total. The van der Waals surface area contributed by atoms with Crippen LogP contribution in [0, 0.1) is 0 Å². The first kappa shape index (κ1) is 56.7. The molecule has 0 saturated heterocycles. The van der Waals surface area contributed by atoms with Crippen molar-refractivity contribution in [2.75, 3.05) is 0 Å². The Morgan fingerprint density at radius 1 is 0.180 bits per heavy atom. The van der Waals surface area contributed by atoms with E-state index in [0.29, 0.717) is 23.3 Å². The molecule has 0 atom stereocenters. The molecule has 0 unspecified atom stereocenters. The van der Waals surface area contributed by atoms with Gasteiger partial charge in [0.1, 0.15) is 0 Å². The molecule has 0 amide bonds. The van der Waals surface area contributed by atoms with Gasteiger partial charge in [-0.2, -0.15) is 0 Å². The van der Waals surface area contributed by atoms with Crippen LogP contribution in [-0.2, 0) is 0 Å². The zero-order chi connectivity index (χ0) is 65.8. The van der Waals surface area contributed by atoms with Crippen molar-refractivity contribution in [1.82, 2.24) is 43.2 Å². The van der Waals surface area contributed by atoms with E-state index >= 15 is 0 Å². The summed E-state index contributed by atoms with van der Waals surface area (Å²) in [4.78, 5) is 27.9. The molecule has 0 radical (unpaired) electrons. The van der Waals surface area contributed by atoms with Crippen LogP contribution in [0.5, 0.6) is 0 Å². The molecule has 20 rings (SSSR count). The lowest BCUT2D eigenvalue weighted by molar-refractivity contribution is 1.05. The molecule has 0 fully saturated rings. The molecule has 0 saturated carbocycles. The van der Waals surface area contributed by atoms with E-state index in [0.717, 1.165) is 155 Å². The average Bonchev–Trinajstić information content (AvgIpc) is 1.54. The van der Waals surface area contributed by atoms with Gasteiger partial charge >= 0.3 is 0 Å². The van der Waals surface area contributed by atoms with Crippen LogP contribution in [-0.4, -0.2) is 43.2 Å². The van der Waals surface area contributed by atoms with E-state index in [9.17, 15) is 0 Å². The van der Waals surface area contributed by atoms with Gasteiger partial charge in [-0.1, -0.05) is 267 Å². The topological polar surface area (TPSA) is 84.2 Å². The molecule has 0 aliphatic heterocycles. The van der Waals surface area contributed by atoms with Crippen LogP contribution in [0.3, 0.4) is 0 Å². The second-order valence-corrected chi connectivity index (χ2v) is 25.5. The third-order valence-corrected chi connectivity index (χ3v) is 19.8. The van der Waals surface area contributed by atoms with Gasteiger partial charge in [-0.15, -0.1) is 0 Å². The normalized spacial score (nSPS) is 11.8. The van der Waals surface area contributed by atoms with Gasteiger partial charge in [0.15, 0.2) is 23.3 Å². The predicted molar refractivity (Wildman–Crippen MR) is 411 cm³/mol. The summed E-state index contributed by atoms with van der Waals surface area (Å²) in [5.41, 5.74) is 21.5. The molecule has 14 aromatic carbocycles. The molecule has 0 spiro atoms. The summed E-state index contributed by atoms with van der Waals surface area (Å²) in [5.74, 6) is 2.27. The van der Waals surface area contributed by atoms with Crippen LogP contribution in [0.15, 0.2) is 346 Å². The van der Waals surface area contributed by atoms with E-state index in [2.05, 4.69) is 340 Å². The Labute approximate surface area is 574 Å². The Morgan fingerprint density at radius 2 is 0.480 bits per heavy atom. The van der Waals surface area contributed by atoms with E-state index in [1.165, 1.54) is 10.8 Å². The molecule has 9 nitrogen and oxygen atoms in total. The fourth-order valence-electron chi connectivity index (χ4n) is 15.5. The van der Waals surface area contributed by atoms with Crippen molar-refractivity contribution < 1.29 is 0 Å². The highest BCUT2D eigenvalue weighted by molar-refractivity contribution is 6.16. The Hall–Kier alpha value is -13.6. The van der Waals surface area contributed by atoms with Crippen LogP contribution >= 0.6 is 0 Å². The largest absolute Gasteiger partial charge is 0.308 e. The minimum absolute atomic E-state index is 0.539. The van der Waals surface area contributed by atoms with Gasteiger partial charge in [-0.25, -0.2) is 24.9 Å². The molecule has 6 heterocycles. The lowest BCUT2D eigenvalue weighted by Gasteiger charge is -2.21. The molecule has 20 aromatic rings. The summed E-state index contributed by atoms with van der Waals surface area (Å²) in [6.07, 6.45) is 0. The number of benzene rings is 14. The van der Waals surface area contributed by atoms with Crippen molar-refractivity contribution in [3.8, 4) is 102 Å². The van der Waals surface area contributed by atoms with Gasteiger partial charge in [0.2, 0.25) is 0 Å². The molecular formula is C91H57N9. The van der Waals surface area contributed by atoms with E-state index in [1.807, 2.05) is 24.3 Å². The number of fused-ring (bicyclic) bond motifs is 12. The molecule has 466 valence electrons. The lowest BCUT2D eigenvalue weighted by Crippen LogP contribution is -2.07. The van der Waals surface area contributed by atoms with E-state index < -0.39 is 0 Å². The predicted octanol–water partition coefficient (Wildman–Crippen LogP) is 22.7. The first-order valence-corrected chi connectivity index (χ1v) is 33.8. The second-order valence-electron chi connectivity index (χ2n) is 25.5. The summed E-state index contributed by atoms with van der Waals surface area (Å²) in [7, 11) is 0. The molecule has 9 heteroatoms. The number of hydrogen-bond acceptors (Lipinski definition) is 5. The molecule has 0 aliphatic carbocycles. The third kappa shape index (κ3) is 8.99. The van der Waals surface area contributed by atoms with Crippen LogP contribution in [0.4, 0.5) is 0 Å². The van der Waals surface area contributed by atoms with E-state index in [-0.39, 0.29) is 0 Å². The Bertz CT molecular complexity index is 6310. The molecular weight excluding hydrogens is 1220 g/mol. The van der Waals surface area contributed by atoms with Gasteiger partial charge < -0.3 is 18.3 Å². The Balaban J connectivity index is 0.845. The van der Waals surface area contributed by atoms with Crippen LogP contribution in [0.2, 0.25) is 0 Å². The molecule has 6 aromatic heterocycles. The summed E-state index contributed by atoms with van der Waals surface area (Å²) in [5, 5.41) is 9.21. The maximum Gasteiger partial charge on any atom is 0.168 e. The minimum Gasteiger partial charge on any atom is -0.308 e. The average molecular weight is 1280 g/mol. The van der Waals surface area contributed by atoms with Crippen molar-refractivity contribution in [3.05, 3.63) is 346 Å². The summed E-state index contributed by atoms with van der Waals surface area (Å²) in [6, 6.07) is 123. The van der Waals surface area contributed by atoms with Gasteiger partial charge in [-0.3, -0.25) is 0 Å². The summed E-state index contributed by atoms with van der Waals surface area (Å²) < 4.78 is 9.68. The van der Waals surface area contributed by atoms with Crippen molar-refractivity contribution in [3.63, 3.8) is 0 Å². The van der Waals surface area contributed by atoms with Crippen molar-refractivity contribution in [2.45, 2.75) is 0 Å². The second kappa shape index (κ2) is 23.0. The fourth-order valence-corrected chi connectivity index (χ4v) is 15.5. The zero-order valence-corrected chi connectivity index (χ0v) is 53.9. The third-order valence-electron chi connectivity index (χ3n) is 19.8. The molecule has 0 aliphatic rings. The smallest absolute Gasteiger partial charge is 0.168 e. The first-order chi connectivity index (χ1) is 49.6. The number of para-hydroxylation sites is 8. The van der Waals surface area contributed by atoms with Crippen LogP contribution < -0.4 is 0 Å². The van der Waals surface area contributed by atoms with Crippen LogP contribution in [0.25, 0.3) is 189 Å². The van der Waals surface area contributed by atoms with Gasteiger partial charge in [-0.05, 0) is 84.4 Å². The Morgan fingerprint density at radius 3 is 0.940 bits per heavy atom. The van der Waals surface area contributed by atoms with E-state index in [4.69, 9.17) is 24.9 Å². The fraction of sp³-hybridized carbons (Fsp3) is 0. The summed E-state index contributed by atoms with van der Waals surface area (Å²) >= 11 is 0. The lowest BCUT2D eigenvalue weighted by atomic mass is 9.99. The molecule has 0 bridgehead atoms. The highest BCUT2D eigenvalue weighted by Gasteiger charge is 2.28. The number of hydrogen-bond donors (Lipinski definition) is 0. The number of rotatable bonds is 11. The minimum atomic E-state index is 0.539. The number of nitrogens with zero attached hydrogens (tertiary/aromatic N) is 9. The quantitative estimate of drug-likeness (QED) is 0.129. The SMILES string of the molecule is c1ccc(-c2cc(-c3c(-n4c5ccccc5c5ccccc54)cccc3-n3c4ccccc4c4cccc(-c5cccc(-c6nc(-c7ccccc7)nc(-c7c(-n8c9ccccc9c9ccccc98)cccc7-n7c8ccccc8c8ccccc87)n6)c5)c43)nc(-c3ccccc3)n2)cc1. The maximum absolute atomic E-state index is 5.77. The van der Waals surface area contributed by atoms with Crippen molar-refractivity contribution in [2.24, 2.45) is 0 Å². The highest BCUT2D eigenvalue weighted by Crippen LogP contribution is 2.47. The van der Waals surface area contributed by atoms with Gasteiger partial charge in [0, 0.05) is 76.5 Å². The monoisotopic (exact) mass is 1280 g/mol. The molecule has 100 heavy (non-hydrogen) atoms. The zero-order valence-electron chi connectivity index (χ0n) is 53.9. The van der Waals surface area contributed by atoms with Crippen molar-refractivity contribution in [1.29, 1.82) is 0 Å². The summed E-state index contributed by atoms with van der Waals surface area (Å²) in [6.45, 7) is 0. The standard InChI is InChI=1S/C91H57N9/c1-4-28-58(29-5-1)72-57-73(93-88(92-72)59-30-6-2-7-31-59)85-81(97-74-45-17-10-36-64(74)65-37-11-18-46-75(65)97)52-26-53-82(85)100-80-51-23-16-42-70(80)71-44-25-43-63(87(71)100)61-34-24-35-62(56-61)90-94-89(60-32-8-3-9-33-60)95-91(96-90)86-83(98-76-47-19-12-38-66(76)67-39-13-20-48-77(67)98)54-27-55-84(86)99-78-49-21-14-40-68(78)69-41-15-22-50-79(69)99/h1-57H. The van der Waals surface area contributed by atoms with E-state index in [1.54, 1.807) is 0 Å².